The molecule has 0 aliphatic heterocycles. The van der Waals surface area contributed by atoms with Crippen molar-refractivity contribution in [1.82, 2.24) is 0 Å². The van der Waals surface area contributed by atoms with Crippen molar-refractivity contribution < 1.29 is 78.8 Å². The van der Waals surface area contributed by atoms with Crippen molar-refractivity contribution >= 4 is 11.9 Å². The van der Waals surface area contributed by atoms with Crippen LogP contribution >= 0.6 is 0 Å². The second-order valence-electron chi connectivity index (χ2n) is 4.64. The number of halogens is 4. The molecule has 0 saturated carbocycles. The van der Waals surface area contributed by atoms with E-state index in [0.717, 1.165) is 12.1 Å². The van der Waals surface area contributed by atoms with Crippen LogP contribution in [0.1, 0.15) is 0 Å². The maximum atomic E-state index is 14.2. The number of hydrogen-bond donors (Lipinski definition) is 0. The molecule has 0 saturated heterocycles. The molecule has 0 heterocycles. The first-order valence-corrected chi connectivity index (χ1v) is 6.75. The van der Waals surface area contributed by atoms with Gasteiger partial charge in [0, 0.05) is 47.7 Å². The molecule has 28 heavy (non-hydrogen) atoms. The van der Waals surface area contributed by atoms with Gasteiger partial charge in [-0.25, -0.2) is 13.2 Å². The Kier molecular flexibility index (Phi) is 10.3. The van der Waals surface area contributed by atoms with Crippen LogP contribution in [0, 0.1) is 35.4 Å². The molecule has 0 N–H and O–H groups in total. The van der Waals surface area contributed by atoms with E-state index in [0.29, 0.717) is 12.1 Å². The minimum Gasteiger partial charge on any atom is -0.450 e. The Morgan fingerprint density at radius 2 is 1.32 bits per heavy atom. The molecule has 0 fully saturated rings. The predicted molar refractivity (Wildman–Crippen MR) is 80.7 cm³/mol. The topological polar surface area (TPSA) is 52.6 Å². The molecule has 10 heteroatoms. The minimum atomic E-state index is -1.55. The van der Waals surface area contributed by atoms with E-state index < -0.39 is 52.3 Å². The van der Waals surface area contributed by atoms with Crippen LogP contribution in [0.25, 0.3) is 11.1 Å². The second kappa shape index (κ2) is 11.1. The van der Waals surface area contributed by atoms with Gasteiger partial charge in [0.25, 0.3) is 0 Å². The molecule has 2 aromatic rings. The molecular weight excluding hydrogens is 724 g/mol. The Labute approximate surface area is 185 Å². The van der Waals surface area contributed by atoms with Crippen molar-refractivity contribution in [3.63, 3.8) is 0 Å². The van der Waals surface area contributed by atoms with Gasteiger partial charge in [0.15, 0.2) is 40.9 Å². The number of hydrogen-bond acceptors (Lipinski definition) is 4. The molecule has 2 rings (SSSR count). The third-order valence-corrected chi connectivity index (χ3v) is 3.04. The van der Waals surface area contributed by atoms with E-state index in [1.165, 1.54) is 0 Å². The largest absolute Gasteiger partial charge is 0.450 e. The zero-order valence-corrected chi connectivity index (χ0v) is 19.6. The molecule has 0 amide bonds. The number of carbonyl (C=O) groups is 2. The van der Waals surface area contributed by atoms with Crippen molar-refractivity contribution in [1.29, 1.82) is 0 Å². The summed E-state index contributed by atoms with van der Waals surface area (Å²) in [5.74, 6) is -9.88. The van der Waals surface area contributed by atoms with Gasteiger partial charge in [-0.05, 0) is 29.8 Å². The van der Waals surface area contributed by atoms with Gasteiger partial charge in [-0.1, -0.05) is 0 Å². The quantitative estimate of drug-likeness (QED) is 0.155. The molecule has 0 atom stereocenters. The van der Waals surface area contributed by atoms with Crippen molar-refractivity contribution in [3.05, 3.63) is 72.8 Å². The third-order valence-electron chi connectivity index (χ3n) is 3.04. The number of ether oxygens (including phenoxy) is 2. The number of benzene rings is 2. The summed E-state index contributed by atoms with van der Waals surface area (Å²) in [4.78, 5) is 22.0. The van der Waals surface area contributed by atoms with Crippen LogP contribution in [0.2, 0.25) is 0 Å². The monoisotopic (exact) mass is 732 g/mol. The third kappa shape index (κ3) is 5.73. The van der Waals surface area contributed by atoms with E-state index in [4.69, 9.17) is 0 Å². The Bertz CT molecular complexity index is 909. The average molecular weight is 732 g/mol. The van der Waals surface area contributed by atoms with Crippen molar-refractivity contribution in [2.45, 2.75) is 0 Å². The Morgan fingerprint density at radius 1 is 0.821 bits per heavy atom. The van der Waals surface area contributed by atoms with Gasteiger partial charge < -0.3 is 21.6 Å². The summed E-state index contributed by atoms with van der Waals surface area (Å²) < 4.78 is 64.9. The molecule has 0 bridgehead atoms. The standard InChI is InChI=1S/C18H8F4O4.2W/c1-3-14(23)25-13-6-5-10(16(21)17(13)22)9-7-11(19)18(12(20)8-9)26-15(24)4-2;;/h5-8H,1-2H2;;/q-2;;. The van der Waals surface area contributed by atoms with Crippen LogP contribution in [0.15, 0.2) is 37.4 Å². The molecule has 0 radical (unpaired) electrons. The summed E-state index contributed by atoms with van der Waals surface area (Å²) in [6.45, 7) is 5.94. The van der Waals surface area contributed by atoms with E-state index in [9.17, 15) is 27.2 Å². The van der Waals surface area contributed by atoms with Gasteiger partial charge in [-0.2, -0.15) is 4.39 Å². The van der Waals surface area contributed by atoms with E-state index >= 15 is 0 Å². The smallest absolute Gasteiger partial charge is 0.201 e. The van der Waals surface area contributed by atoms with Gasteiger partial charge in [0.2, 0.25) is 5.82 Å². The Morgan fingerprint density at radius 3 is 1.82 bits per heavy atom. The fourth-order valence-corrected chi connectivity index (χ4v) is 1.91. The van der Waals surface area contributed by atoms with Gasteiger partial charge >= 0.3 is 0 Å². The summed E-state index contributed by atoms with van der Waals surface area (Å²) in [5, 5.41) is 0. The summed E-state index contributed by atoms with van der Waals surface area (Å²) in [7, 11) is 0. The molecule has 0 aliphatic rings. The van der Waals surface area contributed by atoms with Gasteiger partial charge in [-0.3, -0.25) is 22.7 Å². The molecule has 2 aromatic carbocycles. The molecule has 4 nitrogen and oxygen atoms in total. The van der Waals surface area contributed by atoms with Crippen LogP contribution in [-0.2, 0) is 51.7 Å². The first-order chi connectivity index (χ1) is 12.3. The number of esters is 2. The maximum Gasteiger partial charge on any atom is 0.201 e. The first kappa shape index (κ1) is 26.0. The SMILES string of the molecule is C=[C-]C(=O)Oc1ccc(-c2cc(F)c(OC(=O)[C-]=C)c(F)c2)c(F)c1F.[W].[W]. The normalized spacial score (nSPS) is 9.43. The molecule has 0 aliphatic carbocycles. The van der Waals surface area contributed by atoms with Crippen LogP contribution in [0.5, 0.6) is 11.5 Å². The Balaban J connectivity index is 0.00000364. The summed E-state index contributed by atoms with van der Waals surface area (Å²) in [6, 6.07) is 3.10. The van der Waals surface area contributed by atoms with Crippen molar-refractivity contribution in [2.75, 3.05) is 0 Å². The average Bonchev–Trinajstić information content (AvgIpc) is 2.61. The van der Waals surface area contributed by atoms with Crippen LogP contribution in [0.4, 0.5) is 17.6 Å². The molecule has 146 valence electrons. The van der Waals surface area contributed by atoms with Gasteiger partial charge in [0.05, 0.1) is 0 Å². The zero-order valence-electron chi connectivity index (χ0n) is 13.7. The summed E-state index contributed by atoms with van der Waals surface area (Å²) in [6.07, 6.45) is 3.55. The minimum absolute atomic E-state index is 0. The number of rotatable bonds is 5. The van der Waals surface area contributed by atoms with E-state index in [1.54, 1.807) is 12.2 Å². The van der Waals surface area contributed by atoms with E-state index in [1.807, 2.05) is 0 Å². The Hall–Kier alpha value is -2.04. The van der Waals surface area contributed by atoms with Crippen LogP contribution in [0.3, 0.4) is 0 Å². The predicted octanol–water partition coefficient (Wildman–Crippen LogP) is 3.69. The molecule has 0 unspecified atom stereocenters. The second-order valence-corrected chi connectivity index (χ2v) is 4.64. The summed E-state index contributed by atoms with van der Waals surface area (Å²) in [5.41, 5.74) is -0.900. The molecule has 0 aromatic heterocycles. The van der Waals surface area contributed by atoms with E-state index in [-0.39, 0.29) is 47.7 Å². The molecular formula is C18H8F4O4W2-2. The van der Waals surface area contributed by atoms with Gasteiger partial charge in [0.1, 0.15) is 0 Å². The van der Waals surface area contributed by atoms with Crippen LogP contribution < -0.4 is 9.47 Å². The van der Waals surface area contributed by atoms with Gasteiger partial charge in [-0.15, -0.1) is 0 Å². The van der Waals surface area contributed by atoms with Crippen molar-refractivity contribution in [3.8, 4) is 22.6 Å². The van der Waals surface area contributed by atoms with Crippen LogP contribution in [-0.4, -0.2) is 11.9 Å². The fraction of sp³-hybridized carbons (Fsp3) is 0. The zero-order chi connectivity index (χ0) is 19.4. The maximum absolute atomic E-state index is 14.2. The first-order valence-electron chi connectivity index (χ1n) is 6.75. The summed E-state index contributed by atoms with van der Waals surface area (Å²) >= 11 is 0. The number of carbonyl (C=O) groups excluding carboxylic acids is 2. The van der Waals surface area contributed by atoms with Crippen molar-refractivity contribution in [2.24, 2.45) is 0 Å². The molecule has 0 spiro atoms. The fourth-order valence-electron chi connectivity index (χ4n) is 1.91. The van der Waals surface area contributed by atoms with E-state index in [2.05, 4.69) is 22.6 Å².